The second-order valence-electron chi connectivity index (χ2n) is 4.02. The highest BCUT2D eigenvalue weighted by Gasteiger charge is 2.31. The number of amides is 3. The first kappa shape index (κ1) is 13.8. The molecule has 2 N–H and O–H groups in total. The highest BCUT2D eigenvalue weighted by Crippen LogP contribution is 2.26. The number of hydrogen-bond acceptors (Lipinski definition) is 4. The lowest BCUT2D eigenvalue weighted by Gasteiger charge is -2.25. The van der Waals surface area contributed by atoms with Gasteiger partial charge in [0, 0.05) is 0 Å². The third-order valence-electron chi connectivity index (χ3n) is 2.60. The molecule has 0 radical (unpaired) electrons. The van der Waals surface area contributed by atoms with E-state index >= 15 is 0 Å². The van der Waals surface area contributed by atoms with Crippen LogP contribution >= 0.6 is 0 Å². The summed E-state index contributed by atoms with van der Waals surface area (Å²) < 4.78 is 39.5. The number of imide groups is 1. The minimum absolute atomic E-state index is 0.254. The third-order valence-corrected chi connectivity index (χ3v) is 2.60. The van der Waals surface area contributed by atoms with Crippen LogP contribution in [0.4, 0.5) is 13.2 Å². The highest BCUT2D eigenvalue weighted by molar-refractivity contribution is 6.05. The van der Waals surface area contributed by atoms with E-state index < -0.39 is 59.6 Å². The van der Waals surface area contributed by atoms with Crippen LogP contribution in [0, 0.1) is 17.5 Å². The largest absolute Gasteiger partial charge is 0.503 e. The third kappa shape index (κ3) is 2.29. The Hall–Kier alpha value is -2.58. The van der Waals surface area contributed by atoms with Gasteiger partial charge in [-0.3, -0.25) is 19.7 Å². The van der Waals surface area contributed by atoms with Gasteiger partial charge in [-0.2, -0.15) is 4.39 Å². The quantitative estimate of drug-likeness (QED) is 0.558. The average Bonchev–Trinajstić information content (AvgIpc) is 2.38. The summed E-state index contributed by atoms with van der Waals surface area (Å²) >= 11 is 0. The molecule has 1 heterocycles. The smallest absolute Gasteiger partial charge is 0.258 e. The molecule has 0 bridgehead atoms. The number of hydrogen-bond donors (Lipinski definition) is 2. The fourth-order valence-corrected chi connectivity index (χ4v) is 1.70. The van der Waals surface area contributed by atoms with E-state index in [1.807, 2.05) is 5.32 Å². The van der Waals surface area contributed by atoms with Gasteiger partial charge in [0.1, 0.15) is 13.1 Å². The Morgan fingerprint density at radius 3 is 2.25 bits per heavy atom. The summed E-state index contributed by atoms with van der Waals surface area (Å²) in [5.41, 5.74) is -0.969. The molecule has 1 saturated heterocycles. The molecule has 1 fully saturated rings. The van der Waals surface area contributed by atoms with E-state index in [9.17, 15) is 27.6 Å². The number of carbonyl (C=O) groups is 3. The second-order valence-corrected chi connectivity index (χ2v) is 4.02. The first-order chi connectivity index (χ1) is 9.31. The van der Waals surface area contributed by atoms with Gasteiger partial charge in [-0.15, -0.1) is 0 Å². The lowest BCUT2D eigenvalue weighted by atomic mass is 10.1. The van der Waals surface area contributed by atoms with Crippen molar-refractivity contribution in [3.63, 3.8) is 0 Å². The van der Waals surface area contributed by atoms with Crippen molar-refractivity contribution in [1.82, 2.24) is 10.2 Å². The fraction of sp³-hybridized carbons (Fsp3) is 0.182. The van der Waals surface area contributed by atoms with Gasteiger partial charge in [0.2, 0.25) is 17.6 Å². The number of aromatic hydroxyl groups is 1. The summed E-state index contributed by atoms with van der Waals surface area (Å²) in [5.74, 6) is -9.54. The molecule has 0 aliphatic carbocycles. The van der Waals surface area contributed by atoms with E-state index in [0.717, 1.165) is 0 Å². The Balaban J connectivity index is 2.39. The number of carbonyl (C=O) groups excluding carboxylic acids is 3. The van der Waals surface area contributed by atoms with E-state index in [4.69, 9.17) is 5.11 Å². The number of benzene rings is 1. The monoisotopic (exact) mass is 288 g/mol. The van der Waals surface area contributed by atoms with Crippen molar-refractivity contribution in [2.75, 3.05) is 13.1 Å². The van der Waals surface area contributed by atoms with E-state index in [-0.39, 0.29) is 6.07 Å². The van der Waals surface area contributed by atoms with Crippen LogP contribution in [0.25, 0.3) is 0 Å². The van der Waals surface area contributed by atoms with Crippen molar-refractivity contribution in [2.45, 2.75) is 0 Å². The maximum atomic E-state index is 13.6. The van der Waals surface area contributed by atoms with Crippen LogP contribution in [0.3, 0.4) is 0 Å². The molecule has 0 atom stereocenters. The summed E-state index contributed by atoms with van der Waals surface area (Å²) in [7, 11) is 0. The highest BCUT2D eigenvalue weighted by atomic mass is 19.2. The number of nitrogens with one attached hydrogen (secondary N) is 1. The molecule has 9 heteroatoms. The number of halogens is 3. The Kier molecular flexibility index (Phi) is 3.35. The van der Waals surface area contributed by atoms with Crippen molar-refractivity contribution in [3.8, 4) is 5.75 Å². The standard InChI is InChI=1S/C11H7F3N2O4/c12-5-1-4(8(13)10(19)9(5)14)11(20)16-2-6(17)15-7(18)3-16/h1,19H,2-3H2,(H,15,17,18). The lowest BCUT2D eigenvalue weighted by molar-refractivity contribution is -0.135. The molecule has 1 aromatic carbocycles. The van der Waals surface area contributed by atoms with Gasteiger partial charge in [0.15, 0.2) is 17.4 Å². The normalized spacial score (nSPS) is 15.2. The number of rotatable bonds is 1. The molecule has 0 unspecified atom stereocenters. The van der Waals surface area contributed by atoms with Gasteiger partial charge in [0.25, 0.3) is 5.91 Å². The predicted octanol–water partition coefficient (Wildman–Crippen LogP) is -0.0919. The summed E-state index contributed by atoms with van der Waals surface area (Å²) in [6.45, 7) is -1.08. The van der Waals surface area contributed by atoms with Gasteiger partial charge < -0.3 is 10.0 Å². The zero-order chi connectivity index (χ0) is 15.0. The molecule has 20 heavy (non-hydrogen) atoms. The van der Waals surface area contributed by atoms with Crippen LogP contribution < -0.4 is 5.32 Å². The van der Waals surface area contributed by atoms with Crippen LogP contribution in [-0.2, 0) is 9.59 Å². The van der Waals surface area contributed by atoms with Gasteiger partial charge in [0.05, 0.1) is 5.56 Å². The van der Waals surface area contributed by atoms with Crippen molar-refractivity contribution in [2.24, 2.45) is 0 Å². The lowest BCUT2D eigenvalue weighted by Crippen LogP contribution is -2.53. The van der Waals surface area contributed by atoms with Gasteiger partial charge in [-0.1, -0.05) is 0 Å². The second kappa shape index (κ2) is 4.83. The summed E-state index contributed by atoms with van der Waals surface area (Å²) in [6.07, 6.45) is 0. The van der Waals surface area contributed by atoms with Crippen LogP contribution in [0.15, 0.2) is 6.07 Å². The maximum absolute atomic E-state index is 13.6. The molecule has 0 spiro atoms. The van der Waals surface area contributed by atoms with Gasteiger partial charge >= 0.3 is 0 Å². The molecule has 106 valence electrons. The number of phenols is 1. The zero-order valence-electron chi connectivity index (χ0n) is 9.74. The molecule has 6 nitrogen and oxygen atoms in total. The van der Waals surface area contributed by atoms with Crippen LogP contribution in [0.2, 0.25) is 0 Å². The van der Waals surface area contributed by atoms with Gasteiger partial charge in [-0.05, 0) is 6.07 Å². The maximum Gasteiger partial charge on any atom is 0.258 e. The van der Waals surface area contributed by atoms with Crippen LogP contribution in [-0.4, -0.2) is 40.8 Å². The molecular formula is C11H7F3N2O4. The molecule has 1 aliphatic rings. The summed E-state index contributed by atoms with van der Waals surface area (Å²) in [6, 6.07) is 0.254. The first-order valence-corrected chi connectivity index (χ1v) is 5.29. The summed E-state index contributed by atoms with van der Waals surface area (Å²) in [4.78, 5) is 34.7. The fourth-order valence-electron chi connectivity index (χ4n) is 1.70. The van der Waals surface area contributed by atoms with Crippen molar-refractivity contribution in [1.29, 1.82) is 0 Å². The molecule has 0 saturated carbocycles. The molecule has 3 amide bonds. The Morgan fingerprint density at radius 2 is 1.70 bits per heavy atom. The SMILES string of the molecule is O=C1CN(C(=O)c2cc(F)c(F)c(O)c2F)CC(=O)N1. The molecule has 1 aromatic rings. The molecule has 1 aliphatic heterocycles. The molecule has 2 rings (SSSR count). The number of nitrogens with zero attached hydrogens (tertiary/aromatic N) is 1. The van der Waals surface area contributed by atoms with E-state index in [0.29, 0.717) is 4.90 Å². The topological polar surface area (TPSA) is 86.7 Å². The van der Waals surface area contributed by atoms with Gasteiger partial charge in [-0.25, -0.2) is 8.78 Å². The Bertz CT molecular complexity index is 617. The number of piperazine rings is 1. The molecule has 0 aromatic heterocycles. The Labute approximate surface area is 109 Å². The van der Waals surface area contributed by atoms with Crippen molar-refractivity contribution in [3.05, 3.63) is 29.1 Å². The van der Waals surface area contributed by atoms with Crippen LogP contribution in [0.5, 0.6) is 5.75 Å². The van der Waals surface area contributed by atoms with Crippen LogP contribution in [0.1, 0.15) is 10.4 Å². The van der Waals surface area contributed by atoms with E-state index in [1.165, 1.54) is 0 Å². The van der Waals surface area contributed by atoms with E-state index in [2.05, 4.69) is 0 Å². The van der Waals surface area contributed by atoms with Crippen molar-refractivity contribution < 1.29 is 32.7 Å². The first-order valence-electron chi connectivity index (χ1n) is 5.29. The predicted molar refractivity (Wildman–Crippen MR) is 57.0 cm³/mol. The van der Waals surface area contributed by atoms with Crippen molar-refractivity contribution >= 4 is 17.7 Å². The Morgan fingerprint density at radius 1 is 1.15 bits per heavy atom. The van der Waals surface area contributed by atoms with E-state index in [1.54, 1.807) is 0 Å². The summed E-state index contributed by atoms with van der Waals surface area (Å²) in [5, 5.41) is 10.9. The average molecular weight is 288 g/mol. The number of phenolic OH excluding ortho intramolecular Hbond substituents is 1. The molecular weight excluding hydrogens is 281 g/mol. The minimum atomic E-state index is -1.83. The zero-order valence-corrected chi connectivity index (χ0v) is 9.74. The minimum Gasteiger partial charge on any atom is -0.503 e.